The second-order valence-corrected chi connectivity index (χ2v) is 2.53. The summed E-state index contributed by atoms with van der Waals surface area (Å²) in [5, 5.41) is 0. The zero-order chi connectivity index (χ0) is 8.81. The first-order chi connectivity index (χ1) is 5.84. The van der Waals surface area contributed by atoms with E-state index in [-0.39, 0.29) is 0 Å². The van der Waals surface area contributed by atoms with Crippen molar-refractivity contribution in [1.82, 2.24) is 0 Å². The second-order valence-electron chi connectivity index (χ2n) is 2.53. The maximum Gasteiger partial charge on any atom is 0.0626 e. The summed E-state index contributed by atoms with van der Waals surface area (Å²) < 4.78 is 0. The summed E-state index contributed by atoms with van der Waals surface area (Å²) in [6.45, 7) is 5.92. The van der Waals surface area contributed by atoms with E-state index >= 15 is 0 Å². The topological polar surface area (TPSA) is 12.4 Å². The van der Waals surface area contributed by atoms with Crippen molar-refractivity contribution in [3.63, 3.8) is 0 Å². The Hall–Kier alpha value is -1.37. The van der Waals surface area contributed by atoms with E-state index in [1.165, 1.54) is 0 Å². The fourth-order valence-corrected chi connectivity index (χ4v) is 0.907. The summed E-state index contributed by atoms with van der Waals surface area (Å²) in [5.74, 6) is 0. The molecular weight excluding hydrogens is 146 g/mol. The molecule has 0 N–H and O–H groups in total. The van der Waals surface area contributed by atoms with Crippen molar-refractivity contribution in [1.29, 1.82) is 0 Å². The number of benzene rings is 1. The molecule has 1 nitrogen and oxygen atoms in total. The van der Waals surface area contributed by atoms with Crippen LogP contribution in [0.25, 0.3) is 5.70 Å². The zero-order valence-electron chi connectivity index (χ0n) is 7.33. The van der Waals surface area contributed by atoms with E-state index in [0.717, 1.165) is 17.7 Å². The molecule has 62 valence electrons. The minimum absolute atomic E-state index is 0.831. The van der Waals surface area contributed by atoms with E-state index < -0.39 is 0 Å². The highest BCUT2D eigenvalue weighted by Gasteiger charge is 1.91. The van der Waals surface area contributed by atoms with Crippen LogP contribution in [0.15, 0.2) is 41.9 Å². The fourth-order valence-electron chi connectivity index (χ4n) is 0.907. The van der Waals surface area contributed by atoms with Gasteiger partial charge in [0.15, 0.2) is 0 Å². The van der Waals surface area contributed by atoms with Crippen molar-refractivity contribution in [2.75, 3.05) is 0 Å². The Morgan fingerprint density at radius 3 is 2.67 bits per heavy atom. The molecule has 0 saturated carbocycles. The summed E-state index contributed by atoms with van der Waals surface area (Å²) in [6, 6.07) is 9.98. The quantitative estimate of drug-likeness (QED) is 0.601. The van der Waals surface area contributed by atoms with Crippen molar-refractivity contribution < 1.29 is 0 Å². The molecule has 1 rings (SSSR count). The normalized spacial score (nSPS) is 10.4. The van der Waals surface area contributed by atoms with Crippen LogP contribution in [0.5, 0.6) is 0 Å². The smallest absolute Gasteiger partial charge is 0.0626 e. The summed E-state index contributed by atoms with van der Waals surface area (Å²) in [5.41, 5.74) is 1.92. The van der Waals surface area contributed by atoms with Gasteiger partial charge < -0.3 is 0 Å². The largest absolute Gasteiger partial charge is 0.261 e. The SMILES string of the molecule is C=C(N=CCC)c1ccccc1. The molecule has 0 atom stereocenters. The Kier molecular flexibility index (Phi) is 3.27. The van der Waals surface area contributed by atoms with Gasteiger partial charge in [-0.15, -0.1) is 0 Å². The van der Waals surface area contributed by atoms with Gasteiger partial charge in [0.1, 0.15) is 0 Å². The van der Waals surface area contributed by atoms with E-state index in [1.54, 1.807) is 0 Å². The molecule has 0 heterocycles. The summed E-state index contributed by atoms with van der Waals surface area (Å²) >= 11 is 0. The first-order valence-electron chi connectivity index (χ1n) is 4.11. The molecule has 0 fully saturated rings. The first kappa shape index (κ1) is 8.72. The number of hydrogen-bond donors (Lipinski definition) is 0. The molecule has 1 aromatic rings. The maximum atomic E-state index is 4.19. The van der Waals surface area contributed by atoms with E-state index in [2.05, 4.69) is 18.5 Å². The molecular formula is C11H13N. The highest BCUT2D eigenvalue weighted by Crippen LogP contribution is 2.11. The monoisotopic (exact) mass is 159 g/mol. The van der Waals surface area contributed by atoms with Gasteiger partial charge in [-0.25, -0.2) is 0 Å². The van der Waals surface area contributed by atoms with Crippen LogP contribution in [0.1, 0.15) is 18.9 Å². The predicted octanol–water partition coefficient (Wildman–Crippen LogP) is 3.14. The van der Waals surface area contributed by atoms with Crippen LogP contribution in [0.2, 0.25) is 0 Å². The van der Waals surface area contributed by atoms with Gasteiger partial charge in [-0.1, -0.05) is 43.8 Å². The predicted molar refractivity (Wildman–Crippen MR) is 54.3 cm³/mol. The molecule has 0 aliphatic rings. The maximum absolute atomic E-state index is 4.19. The first-order valence-corrected chi connectivity index (χ1v) is 4.11. The van der Waals surface area contributed by atoms with Crippen molar-refractivity contribution in [3.05, 3.63) is 42.5 Å². The van der Waals surface area contributed by atoms with Gasteiger partial charge in [0.25, 0.3) is 0 Å². The van der Waals surface area contributed by atoms with Crippen LogP contribution in [0.3, 0.4) is 0 Å². The molecule has 12 heavy (non-hydrogen) atoms. The Balaban J connectivity index is 2.72. The third-order valence-electron chi connectivity index (χ3n) is 1.54. The molecule has 0 bridgehead atoms. The molecule has 0 saturated heterocycles. The Morgan fingerprint density at radius 2 is 2.08 bits per heavy atom. The second kappa shape index (κ2) is 4.50. The van der Waals surface area contributed by atoms with E-state index in [0.29, 0.717) is 0 Å². The van der Waals surface area contributed by atoms with Crippen molar-refractivity contribution in [2.45, 2.75) is 13.3 Å². The lowest BCUT2D eigenvalue weighted by molar-refractivity contribution is 1.32. The number of nitrogens with zero attached hydrogens (tertiary/aromatic N) is 1. The number of hydrogen-bond acceptors (Lipinski definition) is 1. The molecule has 0 spiro atoms. The van der Waals surface area contributed by atoms with Crippen LogP contribution >= 0.6 is 0 Å². The summed E-state index contributed by atoms with van der Waals surface area (Å²) in [7, 11) is 0. The molecule has 0 radical (unpaired) electrons. The molecule has 0 aromatic heterocycles. The minimum atomic E-state index is 0.831. The summed E-state index contributed by atoms with van der Waals surface area (Å²) in [6.07, 6.45) is 2.82. The van der Waals surface area contributed by atoms with E-state index in [1.807, 2.05) is 36.5 Å². The van der Waals surface area contributed by atoms with Gasteiger partial charge in [0, 0.05) is 6.21 Å². The number of aliphatic imine (C=N–C) groups is 1. The Morgan fingerprint density at radius 1 is 1.42 bits per heavy atom. The molecule has 0 aliphatic carbocycles. The molecule has 0 amide bonds. The lowest BCUT2D eigenvalue weighted by Crippen LogP contribution is -1.78. The lowest BCUT2D eigenvalue weighted by atomic mass is 10.2. The molecule has 0 unspecified atom stereocenters. The average molecular weight is 159 g/mol. The van der Waals surface area contributed by atoms with Gasteiger partial charge in [0.2, 0.25) is 0 Å². The fraction of sp³-hybridized carbons (Fsp3) is 0.182. The van der Waals surface area contributed by atoms with E-state index in [9.17, 15) is 0 Å². The van der Waals surface area contributed by atoms with Crippen LogP contribution < -0.4 is 0 Å². The zero-order valence-corrected chi connectivity index (χ0v) is 7.33. The standard InChI is InChI=1S/C11H13N/c1-3-9-12-10(2)11-7-5-4-6-8-11/h4-9H,2-3H2,1H3. The van der Waals surface area contributed by atoms with Crippen molar-refractivity contribution in [2.24, 2.45) is 4.99 Å². The third-order valence-corrected chi connectivity index (χ3v) is 1.54. The van der Waals surface area contributed by atoms with Crippen LogP contribution in [0, 0.1) is 0 Å². The molecule has 1 heteroatoms. The Labute approximate surface area is 73.5 Å². The average Bonchev–Trinajstić information content (AvgIpc) is 2.15. The van der Waals surface area contributed by atoms with Crippen LogP contribution in [-0.4, -0.2) is 6.21 Å². The van der Waals surface area contributed by atoms with Gasteiger partial charge in [-0.2, -0.15) is 0 Å². The van der Waals surface area contributed by atoms with Crippen molar-refractivity contribution >= 4 is 11.9 Å². The minimum Gasteiger partial charge on any atom is -0.261 e. The lowest BCUT2D eigenvalue weighted by Gasteiger charge is -1.97. The Bertz CT molecular complexity index is 272. The van der Waals surface area contributed by atoms with E-state index in [4.69, 9.17) is 0 Å². The van der Waals surface area contributed by atoms with Gasteiger partial charge in [-0.05, 0) is 12.0 Å². The molecule has 1 aromatic carbocycles. The molecule has 0 aliphatic heterocycles. The highest BCUT2D eigenvalue weighted by molar-refractivity contribution is 5.72. The van der Waals surface area contributed by atoms with Gasteiger partial charge in [-0.3, -0.25) is 4.99 Å². The van der Waals surface area contributed by atoms with Gasteiger partial charge in [0.05, 0.1) is 5.70 Å². The number of rotatable bonds is 3. The summed E-state index contributed by atoms with van der Waals surface area (Å²) in [4.78, 5) is 4.19. The van der Waals surface area contributed by atoms with Gasteiger partial charge >= 0.3 is 0 Å². The van der Waals surface area contributed by atoms with Crippen molar-refractivity contribution in [3.8, 4) is 0 Å². The highest BCUT2D eigenvalue weighted by atomic mass is 14.7. The van der Waals surface area contributed by atoms with Crippen LogP contribution in [0.4, 0.5) is 0 Å². The third kappa shape index (κ3) is 2.35. The van der Waals surface area contributed by atoms with Crippen LogP contribution in [-0.2, 0) is 0 Å².